The highest BCUT2D eigenvalue weighted by molar-refractivity contribution is 5.73. The number of aliphatic carboxylic acids is 1. The van der Waals surface area contributed by atoms with E-state index in [0.717, 1.165) is 38.5 Å². The van der Waals surface area contributed by atoms with Crippen molar-refractivity contribution in [3.8, 4) is 0 Å². The first-order valence-electron chi connectivity index (χ1n) is 9.52. The van der Waals surface area contributed by atoms with E-state index in [2.05, 4.69) is 73.0 Å². The molecule has 0 bridgehead atoms. The number of carboxylic acid groups (broad SMARTS) is 1. The summed E-state index contributed by atoms with van der Waals surface area (Å²) >= 11 is 0. The van der Waals surface area contributed by atoms with Crippen molar-refractivity contribution in [1.82, 2.24) is 5.32 Å². The van der Waals surface area contributed by atoms with Gasteiger partial charge in [0.25, 0.3) is 0 Å². The van der Waals surface area contributed by atoms with Gasteiger partial charge in [0.2, 0.25) is 0 Å². The van der Waals surface area contributed by atoms with Crippen LogP contribution in [0, 0.1) is 0 Å². The van der Waals surface area contributed by atoms with Crippen molar-refractivity contribution < 1.29 is 9.90 Å². The Morgan fingerprint density at radius 2 is 1.08 bits per heavy atom. The summed E-state index contributed by atoms with van der Waals surface area (Å²) in [6.07, 6.45) is 32.0. The fourth-order valence-corrected chi connectivity index (χ4v) is 2.10. The minimum Gasteiger partial charge on any atom is -0.480 e. The fraction of sp³-hybridized carbons (Fsp3) is 0.435. The SMILES string of the molecule is CC/C=C\C/C=C\C/C=C\C/C=C\C/C=C\C/C=C\CC(NC)C(=O)O. The second kappa shape index (κ2) is 19.2. The van der Waals surface area contributed by atoms with Crippen molar-refractivity contribution in [2.45, 2.75) is 57.9 Å². The zero-order chi connectivity index (χ0) is 19.3. The Balaban J connectivity index is 3.65. The molecule has 1 unspecified atom stereocenters. The van der Waals surface area contributed by atoms with Gasteiger partial charge in [0.15, 0.2) is 0 Å². The number of rotatable bonds is 15. The smallest absolute Gasteiger partial charge is 0.321 e. The Morgan fingerprint density at radius 1 is 0.731 bits per heavy atom. The molecule has 0 rings (SSSR count). The van der Waals surface area contributed by atoms with Crippen molar-refractivity contribution in [3.05, 3.63) is 72.9 Å². The van der Waals surface area contributed by atoms with Gasteiger partial charge < -0.3 is 10.4 Å². The molecule has 0 aromatic rings. The molecule has 0 aromatic carbocycles. The number of carboxylic acids is 1. The quantitative estimate of drug-likeness (QED) is 0.367. The van der Waals surface area contributed by atoms with E-state index in [4.69, 9.17) is 5.11 Å². The van der Waals surface area contributed by atoms with E-state index in [0.29, 0.717) is 6.42 Å². The van der Waals surface area contributed by atoms with Gasteiger partial charge in [-0.1, -0.05) is 79.8 Å². The first-order valence-corrected chi connectivity index (χ1v) is 9.52. The molecule has 0 spiro atoms. The van der Waals surface area contributed by atoms with Crippen LogP contribution in [0.4, 0.5) is 0 Å². The van der Waals surface area contributed by atoms with E-state index in [1.807, 2.05) is 12.2 Å². The largest absolute Gasteiger partial charge is 0.480 e. The van der Waals surface area contributed by atoms with Crippen molar-refractivity contribution in [3.63, 3.8) is 0 Å². The minimum atomic E-state index is -0.813. The standard InChI is InChI=1S/C23H35NO2/c1-3-4-5-6-7-8-9-10-11-12-13-14-15-16-17-18-19-20-21-22(24-2)23(25)26/h4-5,7-8,10-11,13-14,16-17,19-20,22,24H,3,6,9,12,15,18,21H2,1-2H3,(H,25,26)/b5-4-,8-7-,11-10-,14-13-,17-16-,20-19-. The van der Waals surface area contributed by atoms with E-state index < -0.39 is 12.0 Å². The number of nitrogens with one attached hydrogen (secondary N) is 1. The second-order valence-corrected chi connectivity index (χ2v) is 5.83. The van der Waals surface area contributed by atoms with Crippen molar-refractivity contribution >= 4 is 5.97 Å². The lowest BCUT2D eigenvalue weighted by Gasteiger charge is -2.06. The fourth-order valence-electron chi connectivity index (χ4n) is 2.10. The molecule has 0 amide bonds. The van der Waals surface area contributed by atoms with Gasteiger partial charge in [-0.2, -0.15) is 0 Å². The maximum atomic E-state index is 10.8. The third kappa shape index (κ3) is 16.7. The molecular weight excluding hydrogens is 322 g/mol. The first-order chi connectivity index (χ1) is 12.7. The molecule has 0 saturated carbocycles. The lowest BCUT2D eigenvalue weighted by molar-refractivity contribution is -0.139. The second-order valence-electron chi connectivity index (χ2n) is 5.83. The van der Waals surface area contributed by atoms with E-state index in [1.165, 1.54) is 0 Å². The van der Waals surface area contributed by atoms with Crippen LogP contribution in [-0.2, 0) is 4.79 Å². The molecule has 0 fully saturated rings. The highest BCUT2D eigenvalue weighted by atomic mass is 16.4. The molecule has 0 aliphatic rings. The maximum absolute atomic E-state index is 10.8. The zero-order valence-corrected chi connectivity index (χ0v) is 16.3. The van der Waals surface area contributed by atoms with Crippen LogP contribution in [-0.4, -0.2) is 24.2 Å². The van der Waals surface area contributed by atoms with Crippen LogP contribution in [0.5, 0.6) is 0 Å². The number of carbonyl (C=O) groups is 1. The van der Waals surface area contributed by atoms with Crippen molar-refractivity contribution in [1.29, 1.82) is 0 Å². The lowest BCUT2D eigenvalue weighted by atomic mass is 10.2. The van der Waals surface area contributed by atoms with E-state index in [-0.39, 0.29) is 0 Å². The molecule has 144 valence electrons. The van der Waals surface area contributed by atoms with Gasteiger partial charge in [0.1, 0.15) is 6.04 Å². The summed E-state index contributed by atoms with van der Waals surface area (Å²) in [5.41, 5.74) is 0. The summed E-state index contributed by atoms with van der Waals surface area (Å²) in [4.78, 5) is 10.8. The molecule has 0 radical (unpaired) electrons. The van der Waals surface area contributed by atoms with Gasteiger partial charge in [-0.25, -0.2) is 0 Å². The van der Waals surface area contributed by atoms with Crippen molar-refractivity contribution in [2.24, 2.45) is 0 Å². The number of hydrogen-bond acceptors (Lipinski definition) is 2. The van der Waals surface area contributed by atoms with Crippen LogP contribution in [0.2, 0.25) is 0 Å². The minimum absolute atomic E-state index is 0.500. The average molecular weight is 358 g/mol. The Hall–Kier alpha value is -2.13. The van der Waals surface area contributed by atoms with Crippen LogP contribution >= 0.6 is 0 Å². The summed E-state index contributed by atoms with van der Waals surface area (Å²) in [6.45, 7) is 2.15. The van der Waals surface area contributed by atoms with Crippen LogP contribution in [0.3, 0.4) is 0 Å². The normalized spacial score (nSPS) is 14.2. The van der Waals surface area contributed by atoms with Gasteiger partial charge in [0, 0.05) is 0 Å². The predicted octanol–water partition coefficient (Wildman–Crippen LogP) is 5.75. The van der Waals surface area contributed by atoms with Gasteiger partial charge in [-0.05, 0) is 52.0 Å². The zero-order valence-electron chi connectivity index (χ0n) is 16.3. The third-order valence-corrected chi connectivity index (χ3v) is 3.61. The molecule has 3 heteroatoms. The van der Waals surface area contributed by atoms with Gasteiger partial charge in [-0.15, -0.1) is 0 Å². The highest BCUT2D eigenvalue weighted by Gasteiger charge is 2.11. The molecule has 0 aliphatic heterocycles. The number of likely N-dealkylation sites (N-methyl/N-ethyl adjacent to an activating group) is 1. The van der Waals surface area contributed by atoms with Gasteiger partial charge in [0.05, 0.1) is 0 Å². The topological polar surface area (TPSA) is 49.3 Å². The predicted molar refractivity (Wildman–Crippen MR) is 113 cm³/mol. The molecule has 3 nitrogen and oxygen atoms in total. The molecular formula is C23H35NO2. The van der Waals surface area contributed by atoms with Crippen LogP contribution in [0.15, 0.2) is 72.9 Å². The Morgan fingerprint density at radius 3 is 1.38 bits per heavy atom. The summed E-state index contributed by atoms with van der Waals surface area (Å²) in [5, 5.41) is 11.7. The molecule has 0 heterocycles. The van der Waals surface area contributed by atoms with E-state index in [1.54, 1.807) is 7.05 Å². The van der Waals surface area contributed by atoms with Crippen LogP contribution in [0.1, 0.15) is 51.9 Å². The molecule has 26 heavy (non-hydrogen) atoms. The molecule has 0 aromatic heterocycles. The molecule has 1 atom stereocenters. The Kier molecular flexibility index (Phi) is 17.6. The molecule has 0 aliphatic carbocycles. The Labute approximate surface area is 159 Å². The summed E-state index contributed by atoms with van der Waals surface area (Å²) in [7, 11) is 1.66. The lowest BCUT2D eigenvalue weighted by Crippen LogP contribution is -2.33. The van der Waals surface area contributed by atoms with Gasteiger partial charge in [-0.3, -0.25) is 4.79 Å². The van der Waals surface area contributed by atoms with E-state index in [9.17, 15) is 4.79 Å². The van der Waals surface area contributed by atoms with Crippen LogP contribution in [0.25, 0.3) is 0 Å². The summed E-state index contributed by atoms with van der Waals surface area (Å²) in [5.74, 6) is -0.813. The average Bonchev–Trinajstić information content (AvgIpc) is 2.63. The molecule has 0 saturated heterocycles. The van der Waals surface area contributed by atoms with Crippen LogP contribution < -0.4 is 5.32 Å². The van der Waals surface area contributed by atoms with E-state index >= 15 is 0 Å². The monoisotopic (exact) mass is 357 g/mol. The molecule has 2 N–H and O–H groups in total. The first kappa shape index (κ1) is 23.9. The maximum Gasteiger partial charge on any atom is 0.321 e. The summed E-state index contributed by atoms with van der Waals surface area (Å²) < 4.78 is 0. The summed E-state index contributed by atoms with van der Waals surface area (Å²) in [6, 6.07) is -0.500. The number of hydrogen-bond donors (Lipinski definition) is 2. The highest BCUT2D eigenvalue weighted by Crippen LogP contribution is 1.98. The third-order valence-electron chi connectivity index (χ3n) is 3.61. The van der Waals surface area contributed by atoms with Crippen molar-refractivity contribution in [2.75, 3.05) is 7.05 Å². The number of allylic oxidation sites excluding steroid dienone is 11. The van der Waals surface area contributed by atoms with Gasteiger partial charge >= 0.3 is 5.97 Å². The Bertz CT molecular complexity index is 510.